The van der Waals surface area contributed by atoms with Crippen molar-refractivity contribution in [3.05, 3.63) is 93.5 Å². The number of phenols is 2. The molecule has 0 aliphatic rings. The molecule has 0 heterocycles. The lowest BCUT2D eigenvalue weighted by Gasteiger charge is -2.27. The van der Waals surface area contributed by atoms with E-state index >= 15 is 0 Å². The van der Waals surface area contributed by atoms with Crippen molar-refractivity contribution in [2.24, 2.45) is 0 Å². The lowest BCUT2D eigenvalue weighted by Crippen LogP contribution is -2.10. The van der Waals surface area contributed by atoms with E-state index in [1.165, 1.54) is 16.7 Å². The van der Waals surface area contributed by atoms with Crippen LogP contribution in [0, 0.1) is 0 Å². The predicted molar refractivity (Wildman–Crippen MR) is 158 cm³/mol. The maximum atomic E-state index is 11.3. The van der Waals surface area contributed by atoms with Crippen LogP contribution in [0.1, 0.15) is 150 Å². The van der Waals surface area contributed by atoms with Crippen molar-refractivity contribution in [3.63, 3.8) is 0 Å². The van der Waals surface area contributed by atoms with Crippen molar-refractivity contribution in [1.82, 2.24) is 0 Å². The van der Waals surface area contributed by atoms with Gasteiger partial charge in [-0.1, -0.05) is 110 Å². The highest BCUT2D eigenvalue weighted by Gasteiger charge is 2.26. The van der Waals surface area contributed by atoms with E-state index in [0.29, 0.717) is 11.5 Å². The van der Waals surface area contributed by atoms with Gasteiger partial charge in [0.2, 0.25) is 0 Å². The molecule has 3 aromatic carbocycles. The molecule has 0 saturated heterocycles. The van der Waals surface area contributed by atoms with E-state index in [4.69, 9.17) is 0 Å². The summed E-state index contributed by atoms with van der Waals surface area (Å²) in [5.74, 6) is 2.01. The summed E-state index contributed by atoms with van der Waals surface area (Å²) in [6, 6.07) is 19.7. The average Bonchev–Trinajstić information content (AvgIpc) is 2.93. The third-order valence-corrected chi connectivity index (χ3v) is 8.76. The second-order valence-electron chi connectivity index (χ2n) is 11.2. The van der Waals surface area contributed by atoms with Gasteiger partial charge in [-0.25, -0.2) is 0 Å². The highest BCUT2D eigenvalue weighted by atomic mass is 16.3. The second-order valence-corrected chi connectivity index (χ2v) is 11.2. The van der Waals surface area contributed by atoms with Crippen LogP contribution in [0.5, 0.6) is 11.5 Å². The molecule has 0 saturated carbocycles. The summed E-state index contributed by atoms with van der Waals surface area (Å²) in [5.41, 5.74) is 7.82. The standard InChI is InChI=1S/C35H48O2/c1-9-22(5)29-18-27(19-30(34(29)36)23(6)10-2)33(26-16-14-13-15-17-26)28-20-31(24(7)11-3)35(37)32(21-28)25(8)12-4/h13-25,33,36-37H,9-12H2,1-8H3. The molecule has 0 bridgehead atoms. The Morgan fingerprint density at radius 1 is 0.486 bits per heavy atom. The van der Waals surface area contributed by atoms with Gasteiger partial charge in [0, 0.05) is 5.92 Å². The molecule has 3 aromatic rings. The Balaban J connectivity index is 2.39. The van der Waals surface area contributed by atoms with Gasteiger partial charge >= 0.3 is 0 Å². The van der Waals surface area contributed by atoms with E-state index in [1.807, 2.05) is 0 Å². The van der Waals surface area contributed by atoms with Gasteiger partial charge in [-0.05, 0) is 88.3 Å². The third-order valence-electron chi connectivity index (χ3n) is 8.76. The lowest BCUT2D eigenvalue weighted by molar-refractivity contribution is 0.448. The SMILES string of the molecule is CCC(C)c1cc(C(c2ccccc2)c2cc(C(C)CC)c(O)c(C(C)CC)c2)cc(C(C)CC)c1O. The molecule has 37 heavy (non-hydrogen) atoms. The minimum absolute atomic E-state index is 0.0126. The van der Waals surface area contributed by atoms with Gasteiger partial charge < -0.3 is 10.2 Å². The summed E-state index contributed by atoms with van der Waals surface area (Å²) in [5, 5.41) is 22.7. The van der Waals surface area contributed by atoms with Gasteiger partial charge in [-0.15, -0.1) is 0 Å². The van der Waals surface area contributed by atoms with E-state index in [0.717, 1.165) is 47.9 Å². The van der Waals surface area contributed by atoms with Crippen molar-refractivity contribution in [2.45, 2.75) is 111 Å². The molecule has 0 radical (unpaired) electrons. The fourth-order valence-electron chi connectivity index (χ4n) is 5.35. The molecular formula is C35H48O2. The number of hydrogen-bond acceptors (Lipinski definition) is 2. The summed E-state index contributed by atoms with van der Waals surface area (Å²) >= 11 is 0. The van der Waals surface area contributed by atoms with E-state index in [1.54, 1.807) is 0 Å². The Labute approximate surface area is 225 Å². The van der Waals surface area contributed by atoms with E-state index in [2.05, 4.69) is 110 Å². The number of benzene rings is 3. The third kappa shape index (κ3) is 6.06. The lowest BCUT2D eigenvalue weighted by atomic mass is 9.78. The largest absolute Gasteiger partial charge is 0.507 e. The maximum Gasteiger partial charge on any atom is 0.122 e. The molecule has 0 aliphatic carbocycles. The Morgan fingerprint density at radius 3 is 1.05 bits per heavy atom. The Morgan fingerprint density at radius 2 is 0.784 bits per heavy atom. The molecule has 2 nitrogen and oxygen atoms in total. The van der Waals surface area contributed by atoms with E-state index in [-0.39, 0.29) is 29.6 Å². The minimum Gasteiger partial charge on any atom is -0.507 e. The summed E-state index contributed by atoms with van der Waals surface area (Å²) in [7, 11) is 0. The van der Waals surface area contributed by atoms with Crippen LogP contribution in [0.3, 0.4) is 0 Å². The molecule has 200 valence electrons. The van der Waals surface area contributed by atoms with Crippen LogP contribution < -0.4 is 0 Å². The van der Waals surface area contributed by atoms with Gasteiger partial charge in [0.15, 0.2) is 0 Å². The van der Waals surface area contributed by atoms with Crippen LogP contribution in [0.15, 0.2) is 54.6 Å². The smallest absolute Gasteiger partial charge is 0.122 e. The molecule has 2 N–H and O–H groups in total. The zero-order valence-electron chi connectivity index (χ0n) is 24.3. The zero-order valence-corrected chi connectivity index (χ0v) is 24.3. The first-order chi connectivity index (χ1) is 17.7. The molecule has 0 aliphatic heterocycles. The Kier molecular flexibility index (Phi) is 9.87. The normalized spacial score (nSPS) is 15.7. The number of aromatic hydroxyl groups is 2. The summed E-state index contributed by atoms with van der Waals surface area (Å²) in [6.45, 7) is 17.6. The first-order valence-electron chi connectivity index (χ1n) is 14.5. The summed E-state index contributed by atoms with van der Waals surface area (Å²) in [4.78, 5) is 0. The van der Waals surface area contributed by atoms with Gasteiger partial charge in [-0.2, -0.15) is 0 Å². The summed E-state index contributed by atoms with van der Waals surface area (Å²) in [6.07, 6.45) is 3.90. The van der Waals surface area contributed by atoms with E-state index < -0.39 is 0 Å². The second kappa shape index (κ2) is 12.7. The molecular weight excluding hydrogens is 452 g/mol. The molecule has 4 atom stereocenters. The molecule has 2 heteroatoms. The number of rotatable bonds is 11. The Hall–Kier alpha value is -2.74. The molecule has 0 spiro atoms. The van der Waals surface area contributed by atoms with Crippen LogP contribution in [0.4, 0.5) is 0 Å². The van der Waals surface area contributed by atoms with Crippen LogP contribution >= 0.6 is 0 Å². The number of hydrogen-bond donors (Lipinski definition) is 2. The first kappa shape index (κ1) is 28.8. The number of phenolic OH excluding ortho intramolecular Hbond substituents is 2. The fourth-order valence-corrected chi connectivity index (χ4v) is 5.35. The summed E-state index contributed by atoms with van der Waals surface area (Å²) < 4.78 is 0. The minimum atomic E-state index is 0.0126. The first-order valence-corrected chi connectivity index (χ1v) is 14.5. The monoisotopic (exact) mass is 500 g/mol. The van der Waals surface area contributed by atoms with Crippen molar-refractivity contribution < 1.29 is 10.2 Å². The van der Waals surface area contributed by atoms with Gasteiger partial charge in [-0.3, -0.25) is 0 Å². The predicted octanol–water partition coefficient (Wildman–Crippen LogP) is 10.3. The van der Waals surface area contributed by atoms with Gasteiger partial charge in [0.1, 0.15) is 11.5 Å². The van der Waals surface area contributed by atoms with Crippen molar-refractivity contribution in [3.8, 4) is 11.5 Å². The zero-order chi connectivity index (χ0) is 27.3. The van der Waals surface area contributed by atoms with Crippen LogP contribution in [0.2, 0.25) is 0 Å². The van der Waals surface area contributed by atoms with Crippen molar-refractivity contribution in [1.29, 1.82) is 0 Å². The van der Waals surface area contributed by atoms with Gasteiger partial charge in [0.05, 0.1) is 0 Å². The highest BCUT2D eigenvalue weighted by molar-refractivity contribution is 5.56. The van der Waals surface area contributed by atoms with Crippen LogP contribution in [0.25, 0.3) is 0 Å². The van der Waals surface area contributed by atoms with Crippen LogP contribution in [-0.2, 0) is 0 Å². The molecule has 4 unspecified atom stereocenters. The maximum absolute atomic E-state index is 11.3. The van der Waals surface area contributed by atoms with Gasteiger partial charge in [0.25, 0.3) is 0 Å². The Bertz CT molecular complexity index is 1030. The topological polar surface area (TPSA) is 40.5 Å². The van der Waals surface area contributed by atoms with Crippen LogP contribution in [-0.4, -0.2) is 10.2 Å². The quantitative estimate of drug-likeness (QED) is 0.257. The molecule has 0 fully saturated rings. The molecule has 0 amide bonds. The van der Waals surface area contributed by atoms with E-state index in [9.17, 15) is 10.2 Å². The van der Waals surface area contributed by atoms with Crippen molar-refractivity contribution >= 4 is 0 Å². The van der Waals surface area contributed by atoms with Crippen molar-refractivity contribution in [2.75, 3.05) is 0 Å². The average molecular weight is 501 g/mol. The molecule has 0 aromatic heterocycles. The fraction of sp³-hybridized carbons (Fsp3) is 0.486. The molecule has 3 rings (SSSR count). The highest BCUT2D eigenvalue weighted by Crippen LogP contribution is 2.45.